The first-order valence-electron chi connectivity index (χ1n) is 30.7. The van der Waals surface area contributed by atoms with E-state index >= 15 is 0 Å². The van der Waals surface area contributed by atoms with Gasteiger partial charge in [-0.05, 0) is 231 Å². The first-order chi connectivity index (χ1) is 31.5. The number of unbranched alkanes of at least 4 members (excludes halogenated alkanes) is 2. The monoisotopic (exact) mass is 881 g/mol. The standard InChI is InChI=1S/C62H108N2/c1-4-6-9-21-56-44-64(58-39-34-53(35-40-58)51-30-26-49(27-31-51)47-19-12-8-13-20-47)62-41-36-55(43-60(56)62)54(16-5-2)42-45(3)59-22-14-15-23-61(59)63-57-37-32-52(33-38-57)50-28-24-48(25-29-50)46-17-10-7-11-18-46/h15,23,45-63H,4-14,16-22,24-44H2,1-3H3. The molecule has 0 aromatic heterocycles. The molecule has 0 spiro atoms. The molecule has 8 unspecified atom stereocenters. The Morgan fingerprint density at radius 1 is 0.547 bits per heavy atom. The van der Waals surface area contributed by atoms with Crippen LogP contribution in [0.4, 0.5) is 0 Å². The SMILES string of the molecule is CCCCCC1CN(C2CCC(C3CCC(C4CCCCC4)CC3)CC2)C2CCC(C(CCC)CC(C)C3CCC=CC3NC3CCC(C4CCC(C5CCCCC5)CC4)CC3)CC12. The molecule has 7 saturated carbocycles. The third-order valence-electron chi connectivity index (χ3n) is 22.8. The van der Waals surface area contributed by atoms with E-state index in [1.165, 1.54) is 154 Å². The summed E-state index contributed by atoms with van der Waals surface area (Å²) in [5.41, 5.74) is 0. The molecule has 8 aliphatic carbocycles. The quantitative estimate of drug-likeness (QED) is 0.116. The molecule has 2 heteroatoms. The summed E-state index contributed by atoms with van der Waals surface area (Å²) >= 11 is 0. The molecule has 366 valence electrons. The van der Waals surface area contributed by atoms with Crippen LogP contribution in [0.3, 0.4) is 0 Å². The Balaban J connectivity index is 0.748. The average Bonchev–Trinajstić information content (AvgIpc) is 3.72. The number of fused-ring (bicyclic) bond motifs is 1. The lowest BCUT2D eigenvalue weighted by Gasteiger charge is -2.45. The number of likely N-dealkylation sites (tertiary alicyclic amines) is 1. The maximum absolute atomic E-state index is 4.39. The third kappa shape index (κ3) is 12.3. The van der Waals surface area contributed by atoms with Crippen molar-refractivity contribution in [1.29, 1.82) is 0 Å². The van der Waals surface area contributed by atoms with Crippen LogP contribution in [0.5, 0.6) is 0 Å². The van der Waals surface area contributed by atoms with Crippen LogP contribution in [0.15, 0.2) is 12.2 Å². The van der Waals surface area contributed by atoms with Crippen molar-refractivity contribution in [2.75, 3.05) is 6.54 Å². The van der Waals surface area contributed by atoms with Gasteiger partial charge in [-0.3, -0.25) is 4.90 Å². The van der Waals surface area contributed by atoms with Crippen molar-refractivity contribution in [2.24, 2.45) is 82.9 Å². The molecule has 0 radical (unpaired) electrons. The summed E-state index contributed by atoms with van der Waals surface area (Å²) < 4.78 is 0. The highest BCUT2D eigenvalue weighted by atomic mass is 15.2. The summed E-state index contributed by atoms with van der Waals surface area (Å²) in [6, 6.07) is 3.20. The maximum Gasteiger partial charge on any atom is 0.0283 e. The first kappa shape index (κ1) is 48.7. The third-order valence-corrected chi connectivity index (χ3v) is 22.8. The summed E-state index contributed by atoms with van der Waals surface area (Å²) in [5, 5.41) is 4.39. The topological polar surface area (TPSA) is 15.3 Å². The van der Waals surface area contributed by atoms with E-state index in [-0.39, 0.29) is 0 Å². The van der Waals surface area contributed by atoms with E-state index in [1.807, 2.05) is 0 Å². The Bertz CT molecular complexity index is 1330. The highest BCUT2D eigenvalue weighted by Crippen LogP contribution is 2.52. The zero-order valence-corrected chi connectivity index (χ0v) is 43.1. The van der Waals surface area contributed by atoms with Gasteiger partial charge in [0.1, 0.15) is 0 Å². The molecule has 0 aromatic carbocycles. The fourth-order valence-corrected chi connectivity index (χ4v) is 19.1. The predicted molar refractivity (Wildman–Crippen MR) is 275 cm³/mol. The first-order valence-corrected chi connectivity index (χ1v) is 30.7. The minimum Gasteiger partial charge on any atom is -0.307 e. The lowest BCUT2D eigenvalue weighted by atomic mass is 9.65. The molecular weight excluding hydrogens is 773 g/mol. The van der Waals surface area contributed by atoms with Crippen molar-refractivity contribution in [1.82, 2.24) is 10.2 Å². The van der Waals surface area contributed by atoms with Gasteiger partial charge in [0.15, 0.2) is 0 Å². The van der Waals surface area contributed by atoms with Gasteiger partial charge in [-0.15, -0.1) is 0 Å². The molecule has 9 aliphatic rings. The molecule has 0 amide bonds. The van der Waals surface area contributed by atoms with Gasteiger partial charge in [0.2, 0.25) is 0 Å². The van der Waals surface area contributed by atoms with Crippen molar-refractivity contribution >= 4 is 0 Å². The number of allylic oxidation sites excluding steroid dienone is 1. The molecule has 1 heterocycles. The van der Waals surface area contributed by atoms with Crippen LogP contribution in [0, 0.1) is 82.9 Å². The van der Waals surface area contributed by atoms with Crippen LogP contribution in [-0.2, 0) is 0 Å². The maximum atomic E-state index is 4.39. The van der Waals surface area contributed by atoms with Crippen molar-refractivity contribution in [3.63, 3.8) is 0 Å². The molecule has 0 aromatic rings. The van der Waals surface area contributed by atoms with E-state index in [4.69, 9.17) is 0 Å². The minimum absolute atomic E-state index is 0.618. The predicted octanol–water partition coefficient (Wildman–Crippen LogP) is 17.5. The lowest BCUT2D eigenvalue weighted by molar-refractivity contribution is 0.0495. The second-order valence-corrected chi connectivity index (χ2v) is 26.2. The summed E-state index contributed by atoms with van der Waals surface area (Å²) in [7, 11) is 0. The van der Waals surface area contributed by atoms with Gasteiger partial charge in [0, 0.05) is 30.7 Å². The van der Waals surface area contributed by atoms with Crippen LogP contribution in [0.25, 0.3) is 0 Å². The van der Waals surface area contributed by atoms with E-state index in [0.717, 1.165) is 101 Å². The Hall–Kier alpha value is -0.340. The van der Waals surface area contributed by atoms with E-state index in [1.54, 1.807) is 96.3 Å². The van der Waals surface area contributed by atoms with Gasteiger partial charge in [-0.25, -0.2) is 0 Å². The smallest absolute Gasteiger partial charge is 0.0283 e. The van der Waals surface area contributed by atoms with Crippen LogP contribution in [0.2, 0.25) is 0 Å². The fraction of sp³-hybridized carbons (Fsp3) is 0.968. The van der Waals surface area contributed by atoms with E-state index in [0.29, 0.717) is 6.04 Å². The molecule has 8 fully saturated rings. The van der Waals surface area contributed by atoms with Gasteiger partial charge in [-0.2, -0.15) is 0 Å². The van der Waals surface area contributed by atoms with Gasteiger partial charge < -0.3 is 5.32 Å². The largest absolute Gasteiger partial charge is 0.307 e. The summed E-state index contributed by atoms with van der Waals surface area (Å²) in [6.45, 7) is 9.12. The molecule has 1 N–H and O–H groups in total. The van der Waals surface area contributed by atoms with E-state index in [9.17, 15) is 0 Å². The zero-order chi connectivity index (χ0) is 43.7. The summed E-state index contributed by atoms with van der Waals surface area (Å²) in [4.78, 5) is 3.23. The molecular formula is C62H108N2. The van der Waals surface area contributed by atoms with E-state index in [2.05, 4.69) is 43.1 Å². The van der Waals surface area contributed by atoms with Gasteiger partial charge in [0.05, 0.1) is 0 Å². The minimum atomic E-state index is 0.618. The van der Waals surface area contributed by atoms with Crippen molar-refractivity contribution < 1.29 is 0 Å². The number of nitrogens with one attached hydrogen (secondary N) is 1. The Morgan fingerprint density at radius 2 is 1.08 bits per heavy atom. The Kier molecular flexibility index (Phi) is 18.6. The zero-order valence-electron chi connectivity index (χ0n) is 43.1. The van der Waals surface area contributed by atoms with E-state index < -0.39 is 0 Å². The Morgan fingerprint density at radius 3 is 1.62 bits per heavy atom. The molecule has 64 heavy (non-hydrogen) atoms. The Labute approximate surface area is 399 Å². The van der Waals surface area contributed by atoms with Crippen LogP contribution < -0.4 is 5.32 Å². The van der Waals surface area contributed by atoms with Crippen molar-refractivity contribution in [3.8, 4) is 0 Å². The van der Waals surface area contributed by atoms with Crippen LogP contribution in [-0.4, -0.2) is 35.6 Å². The second-order valence-electron chi connectivity index (χ2n) is 26.2. The second kappa shape index (κ2) is 24.5. The summed E-state index contributed by atoms with van der Waals surface area (Å²) in [6.07, 6.45) is 62.9. The van der Waals surface area contributed by atoms with Crippen LogP contribution in [0.1, 0.15) is 265 Å². The highest BCUT2D eigenvalue weighted by Gasteiger charge is 2.49. The summed E-state index contributed by atoms with van der Waals surface area (Å²) in [5.74, 6) is 14.2. The highest BCUT2D eigenvalue weighted by molar-refractivity contribution is 5.06. The molecule has 9 rings (SSSR count). The number of hydrogen-bond donors (Lipinski definition) is 1. The lowest BCUT2D eigenvalue weighted by Crippen LogP contribution is -2.47. The van der Waals surface area contributed by atoms with Gasteiger partial charge in [0.25, 0.3) is 0 Å². The molecule has 1 saturated heterocycles. The fourth-order valence-electron chi connectivity index (χ4n) is 19.1. The number of nitrogens with zero attached hydrogens (tertiary/aromatic N) is 1. The average molecular weight is 882 g/mol. The molecule has 1 aliphatic heterocycles. The number of rotatable bonds is 17. The normalized spacial score (nSPS) is 42.0. The van der Waals surface area contributed by atoms with Crippen LogP contribution >= 0.6 is 0 Å². The molecule has 0 bridgehead atoms. The van der Waals surface area contributed by atoms with Gasteiger partial charge >= 0.3 is 0 Å². The molecule has 8 atom stereocenters. The van der Waals surface area contributed by atoms with Gasteiger partial charge in [-0.1, -0.05) is 129 Å². The molecule has 2 nitrogen and oxygen atoms in total. The number of hydrogen-bond acceptors (Lipinski definition) is 2. The van der Waals surface area contributed by atoms with Crippen molar-refractivity contribution in [3.05, 3.63) is 12.2 Å². The van der Waals surface area contributed by atoms with Crippen molar-refractivity contribution in [2.45, 2.75) is 289 Å².